The van der Waals surface area contributed by atoms with Crippen LogP contribution in [0, 0.1) is 0 Å². The molecule has 1 fully saturated rings. The molecule has 20 heavy (non-hydrogen) atoms. The number of hydrogen-bond donors (Lipinski definition) is 1. The second-order valence-electron chi connectivity index (χ2n) is 5.02. The lowest BCUT2D eigenvalue weighted by Crippen LogP contribution is -2.39. The molecule has 0 saturated carbocycles. The van der Waals surface area contributed by atoms with Crippen LogP contribution in [-0.2, 0) is 14.3 Å². The molecule has 1 amide bonds. The number of aliphatic carboxylic acids is 1. The molecular formula is C13H18N2O4S. The van der Waals surface area contributed by atoms with Crippen LogP contribution in [0.3, 0.4) is 0 Å². The third-order valence-electron chi connectivity index (χ3n) is 3.37. The minimum atomic E-state index is -1.00. The second-order valence-corrected chi connectivity index (χ2v) is 5.95. The molecule has 2 heterocycles. The van der Waals surface area contributed by atoms with E-state index in [1.165, 1.54) is 0 Å². The third kappa shape index (κ3) is 3.34. The summed E-state index contributed by atoms with van der Waals surface area (Å²) in [6.07, 6.45) is 1.11. The SMILES string of the molecule is CC(CN(C)C(=O)[C@@H]1CC[C@H](C(=O)O)O1)c1nccs1. The van der Waals surface area contributed by atoms with Crippen LogP contribution >= 0.6 is 11.3 Å². The monoisotopic (exact) mass is 298 g/mol. The summed E-state index contributed by atoms with van der Waals surface area (Å²) in [6, 6.07) is 0. The zero-order valence-corrected chi connectivity index (χ0v) is 12.3. The van der Waals surface area contributed by atoms with Gasteiger partial charge in [0, 0.05) is 31.1 Å². The third-order valence-corrected chi connectivity index (χ3v) is 4.37. The van der Waals surface area contributed by atoms with Crippen molar-refractivity contribution < 1.29 is 19.4 Å². The lowest BCUT2D eigenvalue weighted by molar-refractivity contribution is -0.154. The molecule has 1 N–H and O–H groups in total. The average Bonchev–Trinajstić information content (AvgIpc) is 3.08. The topological polar surface area (TPSA) is 79.7 Å². The van der Waals surface area contributed by atoms with E-state index in [2.05, 4.69) is 4.98 Å². The van der Waals surface area contributed by atoms with Gasteiger partial charge in [-0.2, -0.15) is 0 Å². The molecule has 0 aromatic carbocycles. The van der Waals surface area contributed by atoms with Crippen LogP contribution in [0.5, 0.6) is 0 Å². The van der Waals surface area contributed by atoms with Gasteiger partial charge in [0.2, 0.25) is 0 Å². The van der Waals surface area contributed by atoms with Crippen LogP contribution < -0.4 is 0 Å². The molecular weight excluding hydrogens is 280 g/mol. The minimum absolute atomic E-state index is 0.153. The minimum Gasteiger partial charge on any atom is -0.479 e. The zero-order chi connectivity index (χ0) is 14.7. The predicted molar refractivity (Wildman–Crippen MR) is 73.7 cm³/mol. The van der Waals surface area contributed by atoms with Crippen molar-refractivity contribution in [2.75, 3.05) is 13.6 Å². The summed E-state index contributed by atoms with van der Waals surface area (Å²) in [5.41, 5.74) is 0. The molecule has 0 spiro atoms. The van der Waals surface area contributed by atoms with Crippen molar-refractivity contribution in [3.63, 3.8) is 0 Å². The molecule has 0 aliphatic carbocycles. The number of hydrogen-bond acceptors (Lipinski definition) is 5. The fraction of sp³-hybridized carbons (Fsp3) is 0.615. The van der Waals surface area contributed by atoms with E-state index >= 15 is 0 Å². The van der Waals surface area contributed by atoms with Crippen molar-refractivity contribution in [3.05, 3.63) is 16.6 Å². The Morgan fingerprint density at radius 1 is 1.55 bits per heavy atom. The first-order valence-electron chi connectivity index (χ1n) is 6.51. The number of amides is 1. The highest BCUT2D eigenvalue weighted by atomic mass is 32.1. The maximum absolute atomic E-state index is 12.2. The molecule has 1 aromatic rings. The molecule has 7 heteroatoms. The molecule has 6 nitrogen and oxygen atoms in total. The smallest absolute Gasteiger partial charge is 0.332 e. The average molecular weight is 298 g/mol. The standard InChI is InChI=1S/C13H18N2O4S/c1-8(11-14-5-6-20-11)7-15(2)12(16)9-3-4-10(19-9)13(17)18/h5-6,8-10H,3-4,7H2,1-2H3,(H,17,18)/t8?,9-,10+/m0/s1. The highest BCUT2D eigenvalue weighted by Gasteiger charge is 2.36. The number of carbonyl (C=O) groups excluding carboxylic acids is 1. The van der Waals surface area contributed by atoms with Gasteiger partial charge in [0.25, 0.3) is 5.91 Å². The largest absolute Gasteiger partial charge is 0.479 e. The summed E-state index contributed by atoms with van der Waals surface area (Å²) in [6.45, 7) is 2.56. The molecule has 1 unspecified atom stereocenters. The number of nitrogens with zero attached hydrogens (tertiary/aromatic N) is 2. The van der Waals surface area contributed by atoms with Gasteiger partial charge in [-0.1, -0.05) is 6.92 Å². The van der Waals surface area contributed by atoms with Crippen LogP contribution in [0.1, 0.15) is 30.7 Å². The Kier molecular flexibility index (Phi) is 4.72. The van der Waals surface area contributed by atoms with Gasteiger partial charge < -0.3 is 14.7 Å². The second kappa shape index (κ2) is 6.32. The van der Waals surface area contributed by atoms with Gasteiger partial charge >= 0.3 is 5.97 Å². The van der Waals surface area contributed by atoms with E-state index in [4.69, 9.17) is 9.84 Å². The molecule has 1 aliphatic rings. The van der Waals surface area contributed by atoms with Crippen molar-refractivity contribution in [3.8, 4) is 0 Å². The Morgan fingerprint density at radius 3 is 2.80 bits per heavy atom. The first-order valence-corrected chi connectivity index (χ1v) is 7.39. The molecule has 1 aromatic heterocycles. The molecule has 3 atom stereocenters. The lowest BCUT2D eigenvalue weighted by Gasteiger charge is -2.23. The first kappa shape index (κ1) is 14.9. The highest BCUT2D eigenvalue weighted by Crippen LogP contribution is 2.23. The highest BCUT2D eigenvalue weighted by molar-refractivity contribution is 7.09. The Bertz CT molecular complexity index is 477. The fourth-order valence-corrected chi connectivity index (χ4v) is 2.99. The van der Waals surface area contributed by atoms with Crippen molar-refractivity contribution in [2.24, 2.45) is 0 Å². The first-order chi connectivity index (χ1) is 9.49. The quantitative estimate of drug-likeness (QED) is 0.887. The number of likely N-dealkylation sites (N-methyl/N-ethyl adjacent to an activating group) is 1. The summed E-state index contributed by atoms with van der Waals surface area (Å²) in [5, 5.41) is 11.8. The van der Waals surface area contributed by atoms with Crippen molar-refractivity contribution >= 4 is 23.2 Å². The maximum Gasteiger partial charge on any atom is 0.332 e. The molecule has 110 valence electrons. The predicted octanol–water partition coefficient (Wildman–Crippen LogP) is 1.34. The van der Waals surface area contributed by atoms with Gasteiger partial charge in [0.1, 0.15) is 6.10 Å². The van der Waals surface area contributed by atoms with Crippen molar-refractivity contribution in [1.29, 1.82) is 0 Å². The Labute approximate surface area is 121 Å². The van der Waals surface area contributed by atoms with Gasteiger partial charge in [-0.05, 0) is 12.8 Å². The number of ether oxygens (including phenoxy) is 1. The van der Waals surface area contributed by atoms with E-state index in [-0.39, 0.29) is 11.8 Å². The number of thiazole rings is 1. The van der Waals surface area contributed by atoms with Gasteiger partial charge in [0.15, 0.2) is 6.10 Å². The van der Waals surface area contributed by atoms with Gasteiger partial charge in [0.05, 0.1) is 5.01 Å². The summed E-state index contributed by atoms with van der Waals surface area (Å²) in [7, 11) is 1.71. The van der Waals surface area contributed by atoms with Crippen LogP contribution in [0.25, 0.3) is 0 Å². The van der Waals surface area contributed by atoms with Crippen molar-refractivity contribution in [2.45, 2.75) is 37.9 Å². The normalized spacial score (nSPS) is 23.5. The van der Waals surface area contributed by atoms with E-state index < -0.39 is 18.2 Å². The maximum atomic E-state index is 12.2. The van der Waals surface area contributed by atoms with E-state index in [9.17, 15) is 9.59 Å². The Balaban J connectivity index is 1.88. The molecule has 2 rings (SSSR count). The zero-order valence-electron chi connectivity index (χ0n) is 11.5. The van der Waals surface area contributed by atoms with E-state index in [0.717, 1.165) is 5.01 Å². The van der Waals surface area contributed by atoms with Gasteiger partial charge in [-0.3, -0.25) is 4.79 Å². The molecule has 1 aliphatic heterocycles. The Hall–Kier alpha value is -1.47. The summed E-state index contributed by atoms with van der Waals surface area (Å²) >= 11 is 1.56. The summed E-state index contributed by atoms with van der Waals surface area (Å²) in [5.74, 6) is -1.00. The van der Waals surface area contributed by atoms with E-state index in [1.807, 2.05) is 12.3 Å². The van der Waals surface area contributed by atoms with Gasteiger partial charge in [-0.25, -0.2) is 9.78 Å². The van der Waals surface area contributed by atoms with Gasteiger partial charge in [-0.15, -0.1) is 11.3 Å². The number of aromatic nitrogens is 1. The van der Waals surface area contributed by atoms with Crippen LogP contribution in [-0.4, -0.2) is 52.7 Å². The van der Waals surface area contributed by atoms with Crippen molar-refractivity contribution in [1.82, 2.24) is 9.88 Å². The van der Waals surface area contributed by atoms with Crippen LogP contribution in [0.2, 0.25) is 0 Å². The van der Waals surface area contributed by atoms with Crippen LogP contribution in [0.4, 0.5) is 0 Å². The fourth-order valence-electron chi connectivity index (χ4n) is 2.30. The Morgan fingerprint density at radius 2 is 2.25 bits per heavy atom. The van der Waals surface area contributed by atoms with E-state index in [0.29, 0.717) is 19.4 Å². The lowest BCUT2D eigenvalue weighted by atomic mass is 10.1. The number of carboxylic acids is 1. The number of rotatable bonds is 5. The summed E-state index contributed by atoms with van der Waals surface area (Å²) < 4.78 is 5.27. The number of carbonyl (C=O) groups is 2. The van der Waals surface area contributed by atoms with E-state index in [1.54, 1.807) is 29.5 Å². The number of carboxylic acid groups (broad SMARTS) is 1. The molecule has 1 saturated heterocycles. The molecule has 0 bridgehead atoms. The molecule has 0 radical (unpaired) electrons. The summed E-state index contributed by atoms with van der Waals surface area (Å²) in [4.78, 5) is 28.9. The van der Waals surface area contributed by atoms with Crippen LogP contribution in [0.15, 0.2) is 11.6 Å².